The number of benzene rings is 1. The lowest BCUT2D eigenvalue weighted by Crippen LogP contribution is -2.53. The largest absolute Gasteiger partial charge is 0.131 e. The molecule has 0 nitrogen and oxygen atoms in total. The van der Waals surface area contributed by atoms with Crippen molar-refractivity contribution < 1.29 is 0 Å². The average Bonchev–Trinajstić information content (AvgIpc) is 2.33. The molecule has 0 aliphatic carbocycles. The summed E-state index contributed by atoms with van der Waals surface area (Å²) in [6.45, 7) is 2.92. The fourth-order valence-corrected chi connectivity index (χ4v) is 3.07. The summed E-state index contributed by atoms with van der Waals surface area (Å²) in [5.41, 5.74) is 4.33. The Morgan fingerprint density at radius 1 is 1.06 bits per heavy atom. The van der Waals surface area contributed by atoms with E-state index in [0.717, 1.165) is 26.9 Å². The third-order valence-electron chi connectivity index (χ3n) is 3.23. The highest BCUT2D eigenvalue weighted by atomic mass is 32.2. The summed E-state index contributed by atoms with van der Waals surface area (Å²) in [6.07, 6.45) is 1.95. The van der Waals surface area contributed by atoms with Gasteiger partial charge >= 0.3 is 0 Å². The minimum Gasteiger partial charge on any atom is -0.131 e. The second kappa shape index (κ2) is 6.50. The summed E-state index contributed by atoms with van der Waals surface area (Å²) < 4.78 is 0. The van der Waals surface area contributed by atoms with Gasteiger partial charge in [-0.2, -0.15) is 0 Å². The highest BCUT2D eigenvalue weighted by molar-refractivity contribution is 7.99. The first-order valence-electron chi connectivity index (χ1n) is 5.65. The van der Waals surface area contributed by atoms with Crippen LogP contribution in [0.5, 0.6) is 0 Å². The molecule has 0 aliphatic heterocycles. The molecule has 0 heterocycles. The van der Waals surface area contributed by atoms with Gasteiger partial charge in [0, 0.05) is 38.0 Å². The van der Waals surface area contributed by atoms with E-state index in [2.05, 4.69) is 0 Å². The van der Waals surface area contributed by atoms with Crippen molar-refractivity contribution in [3.05, 3.63) is 11.1 Å². The zero-order valence-corrected chi connectivity index (χ0v) is 11.8. The topological polar surface area (TPSA) is 0 Å². The Bertz CT molecular complexity index is 447. The van der Waals surface area contributed by atoms with Gasteiger partial charge in [-0.25, -0.2) is 0 Å². The van der Waals surface area contributed by atoms with Crippen LogP contribution in [0.2, 0.25) is 0 Å². The minimum absolute atomic E-state index is 0.427. The van der Waals surface area contributed by atoms with Gasteiger partial charge in [0.25, 0.3) is 0 Å². The molecule has 0 aliphatic rings. The first kappa shape index (κ1) is 16.1. The van der Waals surface area contributed by atoms with Crippen LogP contribution in [0.15, 0.2) is 4.90 Å². The summed E-state index contributed by atoms with van der Waals surface area (Å²) >= 11 is 1.54. The second-order valence-electron chi connectivity index (χ2n) is 4.27. The van der Waals surface area contributed by atoms with E-state index in [4.69, 9.17) is 38.8 Å². The molecule has 1 rings (SSSR count). The Hall–Kier alpha value is 0.0895. The molecule has 0 saturated carbocycles. The van der Waals surface area contributed by atoms with Gasteiger partial charge in [-0.1, -0.05) is 27.5 Å². The molecular weight excluding hydrogens is 227 g/mol. The smallest absolute Gasteiger partial charge is 0.113 e. The molecule has 1 aromatic carbocycles. The summed E-state index contributed by atoms with van der Waals surface area (Å²) in [5, 5.41) is 0. The molecule has 0 aromatic heterocycles. The average molecular weight is 236 g/mol. The summed E-state index contributed by atoms with van der Waals surface area (Å²) in [7, 11) is 30.8. The van der Waals surface area contributed by atoms with E-state index in [9.17, 15) is 0 Å². The van der Waals surface area contributed by atoms with E-state index in [-0.39, 0.29) is 0 Å². The monoisotopic (exact) mass is 237 g/mol. The zero-order valence-electron chi connectivity index (χ0n) is 11.0. The standard InChI is InChI=1S/C9H9B8S/c1-4-5(2)7(16(12)13)9(18-3)8(6(4)10)17(14)15-11/h1-3H3. The minimum atomic E-state index is -0.560. The molecule has 11 radical (unpaired) electrons. The van der Waals surface area contributed by atoms with E-state index >= 15 is 0 Å². The summed E-state index contributed by atoms with van der Waals surface area (Å²) in [5.74, 6) is 0. The summed E-state index contributed by atoms with van der Waals surface area (Å²) in [4.78, 5) is 0.930. The molecule has 0 N–H and O–H groups in total. The first-order valence-corrected chi connectivity index (χ1v) is 6.87. The number of thioether (sulfide) groups is 1. The normalized spacial score (nSPS) is 10.2. The van der Waals surface area contributed by atoms with Gasteiger partial charge in [-0.15, -0.1) is 11.8 Å². The maximum atomic E-state index is 6.15. The fourth-order valence-electron chi connectivity index (χ4n) is 2.09. The van der Waals surface area contributed by atoms with Gasteiger partial charge < -0.3 is 0 Å². The third-order valence-corrected chi connectivity index (χ3v) is 4.08. The maximum absolute atomic E-state index is 6.15. The molecule has 0 bridgehead atoms. The number of hydrogen-bond acceptors (Lipinski definition) is 1. The van der Waals surface area contributed by atoms with Gasteiger partial charge in [-0.05, 0) is 25.0 Å². The van der Waals surface area contributed by atoms with Crippen LogP contribution in [-0.2, 0) is 0 Å². The van der Waals surface area contributed by atoms with Gasteiger partial charge in [0.05, 0.1) is 13.0 Å². The van der Waals surface area contributed by atoms with Gasteiger partial charge in [0.15, 0.2) is 0 Å². The van der Waals surface area contributed by atoms with Crippen molar-refractivity contribution in [2.75, 3.05) is 6.26 Å². The number of rotatable bonds is 4. The Labute approximate surface area is 123 Å². The van der Waals surface area contributed by atoms with Crippen LogP contribution >= 0.6 is 11.8 Å². The molecule has 9 heteroatoms. The molecular formula is C9H9B8S. The van der Waals surface area contributed by atoms with Gasteiger partial charge in [-0.3, -0.25) is 0 Å². The van der Waals surface area contributed by atoms with Crippen molar-refractivity contribution in [2.24, 2.45) is 0 Å². The van der Waals surface area contributed by atoms with Gasteiger partial charge in [0.2, 0.25) is 0 Å². The molecule has 18 heavy (non-hydrogen) atoms. The number of hydrogen-bond donors (Lipinski definition) is 0. The van der Waals surface area contributed by atoms with Crippen LogP contribution in [0.4, 0.5) is 0 Å². The Morgan fingerprint density at radius 3 is 2.00 bits per heavy atom. The van der Waals surface area contributed by atoms with Gasteiger partial charge in [0.1, 0.15) is 7.85 Å². The van der Waals surface area contributed by atoms with Crippen LogP contribution in [0.25, 0.3) is 0 Å². The van der Waals surface area contributed by atoms with Crippen LogP contribution in [0, 0.1) is 13.8 Å². The lowest BCUT2D eigenvalue weighted by molar-refractivity contribution is 1.36. The van der Waals surface area contributed by atoms with Crippen molar-refractivity contribution in [3.8, 4) is 0 Å². The lowest BCUT2D eigenvalue weighted by atomic mass is 9.02. The molecule has 0 unspecified atom stereocenters. The van der Waals surface area contributed by atoms with E-state index in [1.807, 2.05) is 20.1 Å². The van der Waals surface area contributed by atoms with E-state index in [0.29, 0.717) is 5.46 Å². The van der Waals surface area contributed by atoms with Crippen molar-refractivity contribution in [1.82, 2.24) is 0 Å². The molecule has 0 amide bonds. The third kappa shape index (κ3) is 2.81. The Balaban J connectivity index is 3.69. The van der Waals surface area contributed by atoms with Crippen LogP contribution in [0.3, 0.4) is 0 Å². The lowest BCUT2D eigenvalue weighted by Gasteiger charge is -2.26. The molecule has 75 valence electrons. The molecule has 1 aromatic rings. The Morgan fingerprint density at radius 2 is 1.61 bits per heavy atom. The second-order valence-corrected chi connectivity index (χ2v) is 5.08. The zero-order chi connectivity index (χ0) is 14.0. The van der Waals surface area contributed by atoms with Crippen molar-refractivity contribution in [1.29, 1.82) is 0 Å². The van der Waals surface area contributed by atoms with Crippen molar-refractivity contribution in [2.45, 2.75) is 18.7 Å². The molecule has 0 fully saturated rings. The quantitative estimate of drug-likeness (QED) is 0.411. The highest BCUT2D eigenvalue weighted by Crippen LogP contribution is 2.14. The Kier molecular flexibility index (Phi) is 5.83. The highest BCUT2D eigenvalue weighted by Gasteiger charge is 2.21. The SMILES string of the molecule is [B][B]B([B])c1c([B])c(C)c(C)c(B([B])[B])c1SC. The molecule has 0 saturated heterocycles. The fraction of sp³-hybridized carbons (Fsp3) is 0.333. The van der Waals surface area contributed by atoms with Crippen molar-refractivity contribution >= 4 is 87.0 Å². The van der Waals surface area contributed by atoms with Crippen molar-refractivity contribution in [3.63, 3.8) is 0 Å². The van der Waals surface area contributed by atoms with E-state index in [1.54, 1.807) is 0 Å². The molecule has 0 atom stereocenters. The predicted molar refractivity (Wildman–Crippen MR) is 92.6 cm³/mol. The first-order chi connectivity index (χ1) is 8.36. The van der Waals surface area contributed by atoms with E-state index < -0.39 is 13.0 Å². The maximum Gasteiger partial charge on any atom is 0.113 e. The predicted octanol–water partition coefficient (Wildman–Crippen LogP) is -2.50. The van der Waals surface area contributed by atoms with E-state index in [1.165, 1.54) is 18.8 Å². The summed E-state index contributed by atoms with van der Waals surface area (Å²) in [6, 6.07) is 0. The van der Waals surface area contributed by atoms with Crippen LogP contribution < -0.4 is 16.4 Å². The van der Waals surface area contributed by atoms with Crippen LogP contribution in [0.1, 0.15) is 11.1 Å². The molecule has 0 spiro atoms. The van der Waals surface area contributed by atoms with Crippen LogP contribution in [-0.4, -0.2) is 65.1 Å².